The van der Waals surface area contributed by atoms with Crippen LogP contribution in [0.4, 0.5) is 24.5 Å². The number of carbonyl (C=O) groups is 1. The van der Waals surface area contributed by atoms with Crippen molar-refractivity contribution in [2.24, 2.45) is 0 Å². The summed E-state index contributed by atoms with van der Waals surface area (Å²) in [5, 5.41) is 7.43. The fourth-order valence-electron chi connectivity index (χ4n) is 3.23. The molecule has 28 heavy (non-hydrogen) atoms. The molecular formula is C20H17F3N4O. The Labute approximate surface area is 159 Å². The molecule has 5 nitrogen and oxygen atoms in total. The number of aromatic nitrogens is 2. The van der Waals surface area contributed by atoms with Crippen LogP contribution in [0.1, 0.15) is 29.1 Å². The zero-order chi connectivity index (χ0) is 19.8. The molecule has 1 aromatic heterocycles. The van der Waals surface area contributed by atoms with Crippen molar-refractivity contribution in [3.63, 3.8) is 0 Å². The third-order valence-electron chi connectivity index (χ3n) is 4.65. The van der Waals surface area contributed by atoms with Crippen LogP contribution in [0.2, 0.25) is 0 Å². The van der Waals surface area contributed by atoms with Crippen LogP contribution in [-0.4, -0.2) is 22.2 Å². The zero-order valence-corrected chi connectivity index (χ0v) is 15.0. The van der Waals surface area contributed by atoms with Crippen molar-refractivity contribution in [2.75, 3.05) is 16.8 Å². The standard InChI is InChI=1S/C20H17F3N4O/c1-12-11-26(16-5-2-13(21)3-6-16)20(28)19-9-15(25-27(12)19)10-24-14-4-7-17(22)18(23)8-14/h2-9,12,24H,10-11H2,1H3. The van der Waals surface area contributed by atoms with Crippen LogP contribution in [-0.2, 0) is 6.54 Å². The van der Waals surface area contributed by atoms with Gasteiger partial charge in [-0.25, -0.2) is 13.2 Å². The highest BCUT2D eigenvalue weighted by Crippen LogP contribution is 2.27. The van der Waals surface area contributed by atoms with Crippen LogP contribution in [0.25, 0.3) is 0 Å². The highest BCUT2D eigenvalue weighted by molar-refractivity contribution is 6.05. The van der Waals surface area contributed by atoms with Crippen molar-refractivity contribution in [3.8, 4) is 0 Å². The number of nitrogens with zero attached hydrogens (tertiary/aromatic N) is 3. The molecule has 0 saturated heterocycles. The molecule has 0 fully saturated rings. The highest BCUT2D eigenvalue weighted by atomic mass is 19.2. The van der Waals surface area contributed by atoms with Gasteiger partial charge in [-0.3, -0.25) is 9.48 Å². The van der Waals surface area contributed by atoms with Crippen molar-refractivity contribution in [1.82, 2.24) is 9.78 Å². The smallest absolute Gasteiger partial charge is 0.276 e. The van der Waals surface area contributed by atoms with Crippen molar-refractivity contribution in [2.45, 2.75) is 19.5 Å². The number of hydrogen-bond donors (Lipinski definition) is 1. The van der Waals surface area contributed by atoms with Gasteiger partial charge < -0.3 is 10.2 Å². The second-order valence-electron chi connectivity index (χ2n) is 6.69. The van der Waals surface area contributed by atoms with Gasteiger partial charge in [0.2, 0.25) is 0 Å². The molecule has 1 unspecified atom stereocenters. The quantitative estimate of drug-likeness (QED) is 0.733. The number of nitrogens with one attached hydrogen (secondary N) is 1. The lowest BCUT2D eigenvalue weighted by Crippen LogP contribution is -2.42. The maximum Gasteiger partial charge on any atom is 0.276 e. The molecule has 0 bridgehead atoms. The molecule has 0 radical (unpaired) electrons. The summed E-state index contributed by atoms with van der Waals surface area (Å²) < 4.78 is 41.2. The molecule has 0 aliphatic carbocycles. The first kappa shape index (κ1) is 18.1. The maximum atomic E-state index is 13.3. The number of halogens is 3. The third-order valence-corrected chi connectivity index (χ3v) is 4.65. The topological polar surface area (TPSA) is 50.2 Å². The van der Waals surface area contributed by atoms with E-state index in [1.807, 2.05) is 6.92 Å². The predicted molar refractivity (Wildman–Crippen MR) is 98.7 cm³/mol. The molecule has 3 aromatic rings. The van der Waals surface area contributed by atoms with E-state index >= 15 is 0 Å². The van der Waals surface area contributed by atoms with Crippen molar-refractivity contribution in [3.05, 3.63) is 77.4 Å². The molecule has 1 atom stereocenters. The summed E-state index contributed by atoms with van der Waals surface area (Å²) in [5.41, 5.74) is 2.05. The van der Waals surface area contributed by atoms with Gasteiger partial charge in [-0.15, -0.1) is 0 Å². The molecule has 1 aliphatic rings. The number of fused-ring (bicyclic) bond motifs is 1. The lowest BCUT2D eigenvalue weighted by atomic mass is 10.1. The lowest BCUT2D eigenvalue weighted by molar-refractivity contribution is 0.0953. The summed E-state index contributed by atoms with van der Waals surface area (Å²) >= 11 is 0. The minimum atomic E-state index is -0.937. The van der Waals surface area contributed by atoms with Crippen LogP contribution in [0.5, 0.6) is 0 Å². The monoisotopic (exact) mass is 386 g/mol. The summed E-state index contributed by atoms with van der Waals surface area (Å²) in [6.45, 7) is 2.60. The molecule has 2 aromatic carbocycles. The molecule has 0 spiro atoms. The van der Waals surface area contributed by atoms with Gasteiger partial charge in [0.15, 0.2) is 11.6 Å². The van der Waals surface area contributed by atoms with E-state index in [0.717, 1.165) is 12.1 Å². The zero-order valence-electron chi connectivity index (χ0n) is 15.0. The fraction of sp³-hybridized carbons (Fsp3) is 0.200. The number of rotatable bonds is 4. The van der Waals surface area contributed by atoms with Gasteiger partial charge in [-0.1, -0.05) is 0 Å². The first-order chi connectivity index (χ1) is 13.4. The van der Waals surface area contributed by atoms with Crippen LogP contribution in [0.3, 0.4) is 0 Å². The van der Waals surface area contributed by atoms with Crippen molar-refractivity contribution >= 4 is 17.3 Å². The van der Waals surface area contributed by atoms with Crippen molar-refractivity contribution < 1.29 is 18.0 Å². The molecular weight excluding hydrogens is 369 g/mol. The molecule has 4 rings (SSSR count). The Morgan fingerprint density at radius 1 is 1.07 bits per heavy atom. The van der Waals surface area contributed by atoms with E-state index in [-0.39, 0.29) is 24.3 Å². The Morgan fingerprint density at radius 2 is 1.82 bits per heavy atom. The summed E-state index contributed by atoms with van der Waals surface area (Å²) in [6.07, 6.45) is 0. The summed E-state index contributed by atoms with van der Waals surface area (Å²) in [5.74, 6) is -2.44. The number of amides is 1. The molecule has 1 N–H and O–H groups in total. The van der Waals surface area contributed by atoms with Gasteiger partial charge in [0.05, 0.1) is 18.3 Å². The Kier molecular flexibility index (Phi) is 4.54. The average Bonchev–Trinajstić information content (AvgIpc) is 3.12. The predicted octanol–water partition coefficient (Wildman–Crippen LogP) is 4.13. The Balaban J connectivity index is 1.54. The van der Waals surface area contributed by atoms with Gasteiger partial charge in [0, 0.05) is 24.0 Å². The van der Waals surface area contributed by atoms with Gasteiger partial charge >= 0.3 is 0 Å². The van der Waals surface area contributed by atoms with Crippen LogP contribution in [0, 0.1) is 17.5 Å². The van der Waals surface area contributed by atoms with Gasteiger partial charge in [0.25, 0.3) is 5.91 Å². The molecule has 8 heteroatoms. The van der Waals surface area contributed by atoms with E-state index in [0.29, 0.717) is 29.3 Å². The van der Waals surface area contributed by atoms with Gasteiger partial charge in [-0.05, 0) is 49.4 Å². The first-order valence-electron chi connectivity index (χ1n) is 8.77. The van der Waals surface area contributed by atoms with E-state index in [1.54, 1.807) is 27.8 Å². The van der Waals surface area contributed by atoms with Gasteiger partial charge in [-0.2, -0.15) is 5.10 Å². The first-order valence-corrected chi connectivity index (χ1v) is 8.77. The van der Waals surface area contributed by atoms with Crippen LogP contribution < -0.4 is 10.2 Å². The normalized spacial score (nSPS) is 16.2. The minimum absolute atomic E-state index is 0.0743. The van der Waals surface area contributed by atoms with Crippen LogP contribution in [0.15, 0.2) is 48.5 Å². The number of hydrogen-bond acceptors (Lipinski definition) is 3. The van der Waals surface area contributed by atoms with E-state index in [9.17, 15) is 18.0 Å². The summed E-state index contributed by atoms with van der Waals surface area (Å²) in [6, 6.07) is 10.9. The second-order valence-corrected chi connectivity index (χ2v) is 6.69. The molecule has 1 aliphatic heterocycles. The van der Waals surface area contributed by atoms with E-state index in [2.05, 4.69) is 10.4 Å². The molecule has 144 valence electrons. The molecule has 0 saturated carbocycles. The van der Waals surface area contributed by atoms with Crippen LogP contribution >= 0.6 is 0 Å². The minimum Gasteiger partial charge on any atom is -0.379 e. The lowest BCUT2D eigenvalue weighted by Gasteiger charge is -2.31. The van der Waals surface area contributed by atoms with E-state index < -0.39 is 11.6 Å². The van der Waals surface area contributed by atoms with Crippen molar-refractivity contribution in [1.29, 1.82) is 0 Å². The Hall–Kier alpha value is -3.29. The highest BCUT2D eigenvalue weighted by Gasteiger charge is 2.31. The summed E-state index contributed by atoms with van der Waals surface area (Å²) in [4.78, 5) is 14.5. The SMILES string of the molecule is CC1CN(c2ccc(F)cc2)C(=O)c2cc(CNc3ccc(F)c(F)c3)nn21. The summed E-state index contributed by atoms with van der Waals surface area (Å²) in [7, 11) is 0. The largest absolute Gasteiger partial charge is 0.379 e. The maximum absolute atomic E-state index is 13.3. The second kappa shape index (κ2) is 7.03. The van der Waals surface area contributed by atoms with E-state index in [4.69, 9.17) is 0 Å². The molecule has 2 heterocycles. The number of anilines is 2. The molecule has 1 amide bonds. The van der Waals surface area contributed by atoms with E-state index in [1.165, 1.54) is 18.2 Å². The Morgan fingerprint density at radius 3 is 2.54 bits per heavy atom. The number of carbonyl (C=O) groups excluding carboxylic acids is 1. The average molecular weight is 386 g/mol. The fourth-order valence-corrected chi connectivity index (χ4v) is 3.23. The number of benzene rings is 2. The van der Waals surface area contributed by atoms with Gasteiger partial charge in [0.1, 0.15) is 11.5 Å². The third kappa shape index (κ3) is 3.33. The Bertz CT molecular complexity index is 1030.